The Hall–Kier alpha value is -1.76. The average molecular weight is 400 g/mol. The molecule has 0 N–H and O–H groups in total. The summed E-state index contributed by atoms with van der Waals surface area (Å²) in [6.07, 6.45) is 3.37. The molecule has 1 aromatic heterocycles. The first-order valence-corrected chi connectivity index (χ1v) is 11.1. The number of likely N-dealkylation sites (tertiary alicyclic amines) is 1. The lowest BCUT2D eigenvalue weighted by molar-refractivity contribution is -0.0706. The average Bonchev–Trinajstić information content (AvgIpc) is 3.37. The Morgan fingerprint density at radius 3 is 2.64 bits per heavy atom. The third-order valence-electron chi connectivity index (χ3n) is 5.73. The minimum Gasteiger partial charge on any atom is -0.373 e. The van der Waals surface area contributed by atoms with E-state index in [-0.39, 0.29) is 18.1 Å². The molecule has 0 saturated carbocycles. The molecule has 3 heterocycles. The zero-order chi connectivity index (χ0) is 19.5. The number of ether oxygens (including phenoxy) is 1. The van der Waals surface area contributed by atoms with Crippen LogP contribution in [0.1, 0.15) is 51.7 Å². The van der Waals surface area contributed by atoms with Gasteiger partial charge in [-0.15, -0.1) is 11.3 Å². The molecule has 2 aliphatic rings. The van der Waals surface area contributed by atoms with Crippen molar-refractivity contribution in [3.8, 4) is 0 Å². The molecule has 1 amide bonds. The number of aromatic nitrogens is 1. The third-order valence-corrected chi connectivity index (χ3v) is 7.02. The fourth-order valence-electron chi connectivity index (χ4n) is 4.31. The summed E-state index contributed by atoms with van der Waals surface area (Å²) in [6, 6.07) is 10.3. The van der Waals surface area contributed by atoms with Gasteiger partial charge in [0.15, 0.2) is 0 Å². The number of hydrogen-bond donors (Lipinski definition) is 0. The molecular weight excluding hydrogens is 370 g/mol. The Morgan fingerprint density at radius 2 is 1.96 bits per heavy atom. The van der Waals surface area contributed by atoms with E-state index in [9.17, 15) is 4.79 Å². The topological polar surface area (TPSA) is 45.7 Å². The maximum absolute atomic E-state index is 13.5. The minimum absolute atomic E-state index is 0.00271. The van der Waals surface area contributed by atoms with E-state index in [2.05, 4.69) is 28.9 Å². The number of thiazole rings is 1. The van der Waals surface area contributed by atoms with Crippen molar-refractivity contribution in [1.82, 2.24) is 14.8 Å². The summed E-state index contributed by atoms with van der Waals surface area (Å²) in [7, 11) is 0. The molecule has 28 heavy (non-hydrogen) atoms. The molecule has 2 aliphatic heterocycles. The summed E-state index contributed by atoms with van der Waals surface area (Å²) in [6.45, 7) is 8.37. The Bertz CT molecular complexity index is 801. The van der Waals surface area contributed by atoms with Gasteiger partial charge in [0.25, 0.3) is 5.91 Å². The van der Waals surface area contributed by atoms with Gasteiger partial charge in [-0.3, -0.25) is 4.79 Å². The molecule has 0 unspecified atom stereocenters. The number of hydrogen-bond acceptors (Lipinski definition) is 5. The normalized spacial score (nSPS) is 23.3. The lowest BCUT2D eigenvalue weighted by Gasteiger charge is -2.42. The second-order valence-electron chi connectivity index (χ2n) is 7.65. The molecule has 4 rings (SSSR count). The summed E-state index contributed by atoms with van der Waals surface area (Å²) in [5, 5.41) is 1.03. The number of carbonyl (C=O) groups is 1. The predicted octanol–water partition coefficient (Wildman–Crippen LogP) is 3.69. The number of benzene rings is 1. The van der Waals surface area contributed by atoms with E-state index in [1.54, 1.807) is 0 Å². The number of rotatable bonds is 5. The van der Waals surface area contributed by atoms with Gasteiger partial charge in [-0.2, -0.15) is 0 Å². The van der Waals surface area contributed by atoms with Crippen molar-refractivity contribution >= 4 is 17.2 Å². The van der Waals surface area contributed by atoms with Crippen LogP contribution < -0.4 is 0 Å². The maximum atomic E-state index is 13.5. The van der Waals surface area contributed by atoms with Gasteiger partial charge < -0.3 is 14.5 Å². The predicted molar refractivity (Wildman–Crippen MR) is 112 cm³/mol. The second-order valence-corrected chi connectivity index (χ2v) is 8.73. The van der Waals surface area contributed by atoms with Crippen molar-refractivity contribution < 1.29 is 9.53 Å². The Balaban J connectivity index is 1.65. The van der Waals surface area contributed by atoms with Gasteiger partial charge in [0, 0.05) is 13.1 Å². The first kappa shape index (κ1) is 19.6. The highest BCUT2D eigenvalue weighted by atomic mass is 32.1. The van der Waals surface area contributed by atoms with Gasteiger partial charge in [0.1, 0.15) is 4.88 Å². The van der Waals surface area contributed by atoms with E-state index >= 15 is 0 Å². The largest absolute Gasteiger partial charge is 0.373 e. The van der Waals surface area contributed by atoms with Crippen LogP contribution in [0.4, 0.5) is 0 Å². The van der Waals surface area contributed by atoms with Crippen molar-refractivity contribution in [1.29, 1.82) is 0 Å². The SMILES string of the molecule is CCc1nc(C)c(C(=O)N2CCO[C@@H](CN3CCCC3)[C@@H]2c2ccccc2)s1. The molecule has 6 heteroatoms. The summed E-state index contributed by atoms with van der Waals surface area (Å²) in [5.41, 5.74) is 2.00. The minimum atomic E-state index is -0.0605. The monoisotopic (exact) mass is 399 g/mol. The molecule has 0 bridgehead atoms. The van der Waals surface area contributed by atoms with Crippen LogP contribution in [0.3, 0.4) is 0 Å². The molecule has 2 saturated heterocycles. The molecule has 0 spiro atoms. The highest BCUT2D eigenvalue weighted by Gasteiger charge is 2.38. The first-order chi connectivity index (χ1) is 13.7. The Labute approximate surface area is 171 Å². The van der Waals surface area contributed by atoms with E-state index in [1.165, 1.54) is 24.2 Å². The zero-order valence-electron chi connectivity index (χ0n) is 16.8. The quantitative estimate of drug-likeness (QED) is 0.769. The van der Waals surface area contributed by atoms with E-state index in [4.69, 9.17) is 4.74 Å². The summed E-state index contributed by atoms with van der Waals surface area (Å²) in [4.78, 5) is 23.4. The fraction of sp³-hybridized carbons (Fsp3) is 0.545. The fourth-order valence-corrected chi connectivity index (χ4v) is 5.27. The number of amides is 1. The van der Waals surface area contributed by atoms with Gasteiger partial charge >= 0.3 is 0 Å². The number of aryl methyl sites for hydroxylation is 2. The highest BCUT2D eigenvalue weighted by Crippen LogP contribution is 2.33. The van der Waals surface area contributed by atoms with Crippen LogP contribution in [0.5, 0.6) is 0 Å². The summed E-state index contributed by atoms with van der Waals surface area (Å²) < 4.78 is 6.23. The molecule has 5 nitrogen and oxygen atoms in total. The molecule has 2 aromatic rings. The molecule has 0 radical (unpaired) electrons. The molecule has 1 aromatic carbocycles. The van der Waals surface area contributed by atoms with Gasteiger partial charge in [-0.25, -0.2) is 4.98 Å². The van der Waals surface area contributed by atoms with E-state index < -0.39 is 0 Å². The number of nitrogens with zero attached hydrogens (tertiary/aromatic N) is 3. The van der Waals surface area contributed by atoms with Crippen molar-refractivity contribution in [2.75, 3.05) is 32.8 Å². The van der Waals surface area contributed by atoms with E-state index in [0.29, 0.717) is 13.2 Å². The van der Waals surface area contributed by atoms with Crippen molar-refractivity contribution in [3.63, 3.8) is 0 Å². The first-order valence-electron chi connectivity index (χ1n) is 10.3. The standard InChI is InChI=1S/C22H29N3O2S/c1-3-19-23-16(2)21(28-19)22(26)25-13-14-27-18(15-24-11-7-8-12-24)20(25)17-9-5-4-6-10-17/h4-6,9-10,18,20H,3,7-8,11-15H2,1-2H3/t18-,20-/m0/s1. The van der Waals surface area contributed by atoms with Crippen LogP contribution in [-0.2, 0) is 11.2 Å². The maximum Gasteiger partial charge on any atom is 0.266 e. The van der Waals surface area contributed by atoms with Crippen LogP contribution in [0.2, 0.25) is 0 Å². The smallest absolute Gasteiger partial charge is 0.266 e. The lowest BCUT2D eigenvalue weighted by atomic mass is 9.97. The molecule has 2 fully saturated rings. The van der Waals surface area contributed by atoms with Crippen molar-refractivity contribution in [2.24, 2.45) is 0 Å². The van der Waals surface area contributed by atoms with Crippen LogP contribution in [-0.4, -0.2) is 59.6 Å². The van der Waals surface area contributed by atoms with E-state index in [1.807, 2.05) is 30.0 Å². The molecular formula is C22H29N3O2S. The second kappa shape index (κ2) is 8.72. The molecule has 0 aliphatic carbocycles. The van der Waals surface area contributed by atoms with E-state index in [0.717, 1.165) is 47.2 Å². The number of morpholine rings is 1. The number of carbonyl (C=O) groups excluding carboxylic acids is 1. The van der Waals surface area contributed by atoms with Gasteiger partial charge in [-0.1, -0.05) is 37.3 Å². The lowest BCUT2D eigenvalue weighted by Crippen LogP contribution is -2.51. The van der Waals surface area contributed by atoms with Crippen LogP contribution in [0.25, 0.3) is 0 Å². The summed E-state index contributed by atoms with van der Waals surface area (Å²) >= 11 is 1.54. The van der Waals surface area contributed by atoms with Crippen LogP contribution in [0.15, 0.2) is 30.3 Å². The molecule has 2 atom stereocenters. The van der Waals surface area contributed by atoms with Gasteiger partial charge in [0.2, 0.25) is 0 Å². The van der Waals surface area contributed by atoms with Crippen molar-refractivity contribution in [2.45, 2.75) is 45.3 Å². The Kier molecular flexibility index (Phi) is 6.09. The van der Waals surface area contributed by atoms with Crippen LogP contribution in [0, 0.1) is 6.92 Å². The summed E-state index contributed by atoms with van der Waals surface area (Å²) in [5.74, 6) is 0.0956. The van der Waals surface area contributed by atoms with Crippen molar-refractivity contribution in [3.05, 3.63) is 51.5 Å². The third kappa shape index (κ3) is 4.00. The Morgan fingerprint density at radius 1 is 1.21 bits per heavy atom. The van der Waals surface area contributed by atoms with Crippen LogP contribution >= 0.6 is 11.3 Å². The van der Waals surface area contributed by atoms with Gasteiger partial charge in [0.05, 0.1) is 29.5 Å². The van der Waals surface area contributed by atoms with Gasteiger partial charge in [-0.05, 0) is 44.8 Å². The zero-order valence-corrected chi connectivity index (χ0v) is 17.6. The highest BCUT2D eigenvalue weighted by molar-refractivity contribution is 7.13. The molecule has 150 valence electrons.